The molecule has 0 heterocycles. The Morgan fingerprint density at radius 3 is 1.41 bits per heavy atom. The van der Waals surface area contributed by atoms with Crippen LogP contribution in [0.3, 0.4) is 0 Å². The second-order valence-electron chi connectivity index (χ2n) is 12.6. The van der Waals surface area contributed by atoms with E-state index in [1.807, 2.05) is 0 Å². The summed E-state index contributed by atoms with van der Waals surface area (Å²) >= 11 is 0. The summed E-state index contributed by atoms with van der Waals surface area (Å²) in [5.74, 6) is -0.658. The fraction of sp³-hybridized carbons (Fsp3) is 0.756. The molecular formula is C41H72O5. The number of esters is 2. The molecule has 0 rings (SSSR count). The number of ether oxygens (including phenoxy) is 2. The van der Waals surface area contributed by atoms with E-state index in [2.05, 4.69) is 62.5 Å². The molecule has 1 N–H and O–H groups in total. The van der Waals surface area contributed by atoms with E-state index in [0.717, 1.165) is 38.5 Å². The Morgan fingerprint density at radius 1 is 0.500 bits per heavy atom. The maximum Gasteiger partial charge on any atom is 0.306 e. The second kappa shape index (κ2) is 37.3. The number of hydrogen-bond donors (Lipinski definition) is 1. The normalized spacial score (nSPS) is 12.7. The molecule has 5 heteroatoms. The first-order chi connectivity index (χ1) is 22.6. The molecule has 0 saturated carbocycles. The molecule has 0 aromatic heterocycles. The van der Waals surface area contributed by atoms with Crippen molar-refractivity contribution in [3.05, 3.63) is 48.6 Å². The van der Waals surface area contributed by atoms with E-state index in [9.17, 15) is 14.7 Å². The lowest BCUT2D eigenvalue weighted by atomic mass is 10.1. The number of carbonyl (C=O) groups is 2. The van der Waals surface area contributed by atoms with Gasteiger partial charge in [-0.05, 0) is 70.6 Å². The van der Waals surface area contributed by atoms with Gasteiger partial charge >= 0.3 is 11.9 Å². The van der Waals surface area contributed by atoms with Crippen LogP contribution in [0.4, 0.5) is 0 Å². The number of aliphatic hydroxyl groups excluding tert-OH is 1. The van der Waals surface area contributed by atoms with Crippen molar-refractivity contribution in [1.29, 1.82) is 0 Å². The highest BCUT2D eigenvalue weighted by Crippen LogP contribution is 2.12. The Bertz CT molecular complexity index is 782. The summed E-state index contributed by atoms with van der Waals surface area (Å²) in [7, 11) is 0. The van der Waals surface area contributed by atoms with Gasteiger partial charge in [-0.3, -0.25) is 9.59 Å². The van der Waals surface area contributed by atoms with Crippen LogP contribution in [0.25, 0.3) is 0 Å². The standard InChI is InChI=1S/C41H72O5/c1-3-5-7-9-11-13-15-17-19-20-22-23-25-27-29-31-33-35-40(43)45-38-39(37-42)46-41(44)36-34-32-30-28-26-24-21-18-16-14-12-10-8-6-4-2/h14,16-17,19,22-23,27,29,39,42H,3-13,15,18,20-21,24-26,28,30-38H2,1-2H3/b16-14-,19-17-,23-22-,29-27-/t39-/m0/s1. The predicted molar refractivity (Wildman–Crippen MR) is 196 cm³/mol. The minimum absolute atomic E-state index is 0.0941. The van der Waals surface area contributed by atoms with E-state index in [1.54, 1.807) is 0 Å². The fourth-order valence-electron chi connectivity index (χ4n) is 5.15. The Hall–Kier alpha value is -2.14. The quantitative estimate of drug-likeness (QED) is 0.0429. The van der Waals surface area contributed by atoms with Gasteiger partial charge in [0.1, 0.15) is 6.61 Å². The summed E-state index contributed by atoms with van der Waals surface area (Å²) < 4.78 is 10.5. The zero-order valence-electron chi connectivity index (χ0n) is 30.1. The third-order valence-electron chi connectivity index (χ3n) is 8.10. The topological polar surface area (TPSA) is 72.8 Å². The highest BCUT2D eigenvalue weighted by atomic mass is 16.6. The summed E-state index contributed by atoms with van der Waals surface area (Å²) in [5, 5.41) is 9.53. The lowest BCUT2D eigenvalue weighted by Crippen LogP contribution is -2.28. The van der Waals surface area contributed by atoms with Gasteiger partial charge in [-0.25, -0.2) is 0 Å². The molecule has 0 aromatic rings. The fourth-order valence-corrected chi connectivity index (χ4v) is 5.15. The van der Waals surface area contributed by atoms with Crippen molar-refractivity contribution in [2.75, 3.05) is 13.2 Å². The van der Waals surface area contributed by atoms with Crippen molar-refractivity contribution in [2.24, 2.45) is 0 Å². The van der Waals surface area contributed by atoms with Gasteiger partial charge in [0.2, 0.25) is 0 Å². The first-order valence-corrected chi connectivity index (χ1v) is 19.2. The lowest BCUT2D eigenvalue weighted by Gasteiger charge is -2.15. The van der Waals surface area contributed by atoms with Crippen LogP contribution in [-0.4, -0.2) is 36.4 Å². The van der Waals surface area contributed by atoms with Crippen molar-refractivity contribution >= 4 is 11.9 Å². The Morgan fingerprint density at radius 2 is 0.891 bits per heavy atom. The number of rotatable bonds is 34. The molecule has 1 atom stereocenters. The van der Waals surface area contributed by atoms with Crippen LogP contribution in [0.15, 0.2) is 48.6 Å². The molecular weight excluding hydrogens is 572 g/mol. The molecule has 0 radical (unpaired) electrons. The van der Waals surface area contributed by atoms with Gasteiger partial charge in [0.15, 0.2) is 6.10 Å². The molecule has 5 nitrogen and oxygen atoms in total. The third kappa shape index (κ3) is 34.7. The number of hydrogen-bond acceptors (Lipinski definition) is 5. The van der Waals surface area contributed by atoms with Crippen molar-refractivity contribution in [3.63, 3.8) is 0 Å². The average molecular weight is 645 g/mol. The predicted octanol–water partition coefficient (Wildman–Crippen LogP) is 11.8. The molecule has 0 aliphatic rings. The van der Waals surface area contributed by atoms with Crippen molar-refractivity contribution in [1.82, 2.24) is 0 Å². The second-order valence-corrected chi connectivity index (χ2v) is 12.6. The minimum atomic E-state index is -0.793. The van der Waals surface area contributed by atoms with E-state index in [4.69, 9.17) is 9.47 Å². The third-order valence-corrected chi connectivity index (χ3v) is 8.10. The van der Waals surface area contributed by atoms with Crippen LogP contribution < -0.4 is 0 Å². The SMILES string of the molecule is CCCCCC/C=C\CCCCCCCCCC(=O)O[C@@H](CO)COC(=O)CCC/C=C\C/C=C\C/C=C\CCCCCCCC. The number of aliphatic hydroxyl groups is 1. The molecule has 0 bridgehead atoms. The van der Waals surface area contributed by atoms with Crippen LogP contribution in [0, 0.1) is 0 Å². The molecule has 46 heavy (non-hydrogen) atoms. The monoisotopic (exact) mass is 645 g/mol. The van der Waals surface area contributed by atoms with Crippen LogP contribution in [0.2, 0.25) is 0 Å². The largest absolute Gasteiger partial charge is 0.462 e. The van der Waals surface area contributed by atoms with Crippen molar-refractivity contribution < 1.29 is 24.2 Å². The Labute approximate surface area is 284 Å². The first-order valence-electron chi connectivity index (χ1n) is 19.2. The molecule has 0 aliphatic heterocycles. The highest BCUT2D eigenvalue weighted by molar-refractivity contribution is 5.70. The number of carbonyl (C=O) groups excluding carboxylic acids is 2. The van der Waals surface area contributed by atoms with Gasteiger partial charge in [0.05, 0.1) is 6.61 Å². The molecule has 0 saturated heterocycles. The van der Waals surface area contributed by atoms with Crippen LogP contribution >= 0.6 is 0 Å². The summed E-state index contributed by atoms with van der Waals surface area (Å²) in [4.78, 5) is 24.2. The zero-order chi connectivity index (χ0) is 33.6. The number of allylic oxidation sites excluding steroid dienone is 8. The number of unbranched alkanes of at least 4 members (excludes halogenated alkanes) is 18. The molecule has 266 valence electrons. The van der Waals surface area contributed by atoms with Gasteiger partial charge in [-0.2, -0.15) is 0 Å². The molecule has 0 spiro atoms. The van der Waals surface area contributed by atoms with Gasteiger partial charge in [-0.15, -0.1) is 0 Å². The molecule has 0 amide bonds. The maximum absolute atomic E-state index is 12.1. The van der Waals surface area contributed by atoms with Gasteiger partial charge in [0, 0.05) is 12.8 Å². The first kappa shape index (κ1) is 43.9. The van der Waals surface area contributed by atoms with E-state index >= 15 is 0 Å². The minimum Gasteiger partial charge on any atom is -0.462 e. The van der Waals surface area contributed by atoms with Gasteiger partial charge in [0.25, 0.3) is 0 Å². The zero-order valence-corrected chi connectivity index (χ0v) is 30.1. The van der Waals surface area contributed by atoms with E-state index in [-0.39, 0.29) is 25.2 Å². The maximum atomic E-state index is 12.1. The average Bonchev–Trinajstić information content (AvgIpc) is 3.06. The van der Waals surface area contributed by atoms with E-state index in [1.165, 1.54) is 109 Å². The molecule has 0 aliphatic carbocycles. The van der Waals surface area contributed by atoms with Crippen molar-refractivity contribution in [3.8, 4) is 0 Å². The molecule has 0 fully saturated rings. The van der Waals surface area contributed by atoms with E-state index in [0.29, 0.717) is 19.3 Å². The Balaban J connectivity index is 3.66. The smallest absolute Gasteiger partial charge is 0.306 e. The Kier molecular flexibility index (Phi) is 35.6. The van der Waals surface area contributed by atoms with Crippen LogP contribution in [0.1, 0.15) is 181 Å². The lowest BCUT2D eigenvalue weighted by molar-refractivity contribution is -0.161. The summed E-state index contributed by atoms with van der Waals surface area (Å²) in [6.07, 6.45) is 46.0. The summed E-state index contributed by atoms with van der Waals surface area (Å²) in [6.45, 7) is 4.06. The highest BCUT2D eigenvalue weighted by Gasteiger charge is 2.16. The summed E-state index contributed by atoms with van der Waals surface area (Å²) in [6, 6.07) is 0. The van der Waals surface area contributed by atoms with Crippen molar-refractivity contribution in [2.45, 2.75) is 187 Å². The van der Waals surface area contributed by atoms with Crippen LogP contribution in [-0.2, 0) is 19.1 Å². The molecule has 0 aromatic carbocycles. The van der Waals surface area contributed by atoms with Gasteiger partial charge in [-0.1, -0.05) is 146 Å². The van der Waals surface area contributed by atoms with Crippen LogP contribution in [0.5, 0.6) is 0 Å². The molecule has 0 unspecified atom stereocenters. The van der Waals surface area contributed by atoms with Gasteiger partial charge < -0.3 is 14.6 Å². The summed E-state index contributed by atoms with van der Waals surface area (Å²) in [5.41, 5.74) is 0. The van der Waals surface area contributed by atoms with E-state index < -0.39 is 6.10 Å².